The van der Waals surface area contributed by atoms with Crippen molar-refractivity contribution in [3.63, 3.8) is 0 Å². The number of morpholine rings is 1. The van der Waals surface area contributed by atoms with Gasteiger partial charge >= 0.3 is 0 Å². The largest absolute Gasteiger partial charge is 0.375 e. The Morgan fingerprint density at radius 2 is 2.35 bits per heavy atom. The number of ether oxygens (including phenoxy) is 1. The molecule has 3 rings (SSSR count). The van der Waals surface area contributed by atoms with E-state index in [2.05, 4.69) is 46.6 Å². The molecule has 0 saturated carbocycles. The molecule has 0 aliphatic carbocycles. The fourth-order valence-corrected chi connectivity index (χ4v) is 3.08. The maximum absolute atomic E-state index is 5.92. The zero-order chi connectivity index (χ0) is 13.9. The molecular formula is C16H23N3O. The number of hydrogen-bond donors (Lipinski definition) is 0. The highest BCUT2D eigenvalue weighted by Crippen LogP contribution is 2.23. The molecule has 4 nitrogen and oxygen atoms in total. The molecule has 2 aromatic heterocycles. The minimum atomic E-state index is 0.341. The number of nitrogens with zero attached hydrogens (tertiary/aromatic N) is 3. The van der Waals surface area contributed by atoms with Gasteiger partial charge in [-0.3, -0.25) is 9.88 Å². The molecule has 4 heteroatoms. The average Bonchev–Trinajstić information content (AvgIpc) is 2.91. The van der Waals surface area contributed by atoms with Crippen LogP contribution in [0.4, 0.5) is 0 Å². The third-order valence-corrected chi connectivity index (χ3v) is 4.27. The second-order valence-electron chi connectivity index (χ2n) is 5.63. The van der Waals surface area contributed by atoms with Crippen LogP contribution in [0, 0.1) is 0 Å². The zero-order valence-electron chi connectivity index (χ0n) is 12.3. The van der Waals surface area contributed by atoms with E-state index in [0.717, 1.165) is 32.7 Å². The Balaban J connectivity index is 1.71. The first-order chi connectivity index (χ1) is 9.78. The molecule has 0 spiro atoms. The Hall–Kier alpha value is -1.39. The Morgan fingerprint density at radius 1 is 1.45 bits per heavy atom. The molecule has 1 saturated heterocycles. The third kappa shape index (κ3) is 2.72. The van der Waals surface area contributed by atoms with Gasteiger partial charge in [-0.25, -0.2) is 0 Å². The lowest BCUT2D eigenvalue weighted by Crippen LogP contribution is -2.42. The maximum atomic E-state index is 5.92. The van der Waals surface area contributed by atoms with Gasteiger partial charge in [0.2, 0.25) is 0 Å². The summed E-state index contributed by atoms with van der Waals surface area (Å²) in [7, 11) is 0. The molecule has 1 aliphatic rings. The molecule has 108 valence electrons. The summed E-state index contributed by atoms with van der Waals surface area (Å²) in [5, 5.41) is 1.26. The fourth-order valence-electron chi connectivity index (χ4n) is 3.08. The van der Waals surface area contributed by atoms with E-state index >= 15 is 0 Å². The third-order valence-electron chi connectivity index (χ3n) is 4.27. The summed E-state index contributed by atoms with van der Waals surface area (Å²) in [5.41, 5.74) is 1.21. The first-order valence-electron chi connectivity index (χ1n) is 7.52. The van der Waals surface area contributed by atoms with E-state index in [1.807, 2.05) is 12.4 Å². The molecule has 2 atom stereocenters. The molecule has 3 heterocycles. The van der Waals surface area contributed by atoms with Crippen molar-refractivity contribution >= 4 is 10.9 Å². The van der Waals surface area contributed by atoms with Crippen molar-refractivity contribution in [2.75, 3.05) is 26.2 Å². The van der Waals surface area contributed by atoms with Crippen molar-refractivity contribution in [3.05, 3.63) is 30.7 Å². The van der Waals surface area contributed by atoms with Crippen LogP contribution in [0.3, 0.4) is 0 Å². The topological polar surface area (TPSA) is 30.3 Å². The summed E-state index contributed by atoms with van der Waals surface area (Å²) >= 11 is 0. The number of rotatable bonds is 4. The van der Waals surface area contributed by atoms with Gasteiger partial charge in [-0.2, -0.15) is 0 Å². The van der Waals surface area contributed by atoms with E-state index < -0.39 is 0 Å². The van der Waals surface area contributed by atoms with Gasteiger partial charge in [0.15, 0.2) is 0 Å². The number of fused-ring (bicyclic) bond motifs is 1. The van der Waals surface area contributed by atoms with Gasteiger partial charge in [0, 0.05) is 36.9 Å². The normalized spacial score (nSPS) is 22.2. The van der Waals surface area contributed by atoms with Gasteiger partial charge in [-0.05, 0) is 32.0 Å². The van der Waals surface area contributed by atoms with Crippen LogP contribution in [0.2, 0.25) is 0 Å². The lowest BCUT2D eigenvalue weighted by molar-refractivity contribution is -0.0354. The fraction of sp³-hybridized carbons (Fsp3) is 0.562. The van der Waals surface area contributed by atoms with Gasteiger partial charge < -0.3 is 9.30 Å². The molecule has 0 radical (unpaired) electrons. The predicted molar refractivity (Wildman–Crippen MR) is 80.9 cm³/mol. The van der Waals surface area contributed by atoms with Gasteiger partial charge in [0.1, 0.15) is 0 Å². The Labute approximate surface area is 120 Å². The van der Waals surface area contributed by atoms with E-state index in [-0.39, 0.29) is 0 Å². The van der Waals surface area contributed by atoms with Crippen molar-refractivity contribution < 1.29 is 4.74 Å². The molecule has 1 aliphatic heterocycles. The van der Waals surface area contributed by atoms with Crippen LogP contribution in [0.25, 0.3) is 10.9 Å². The van der Waals surface area contributed by atoms with Gasteiger partial charge in [0.05, 0.1) is 24.4 Å². The molecule has 2 aromatic rings. The number of aromatic nitrogens is 2. The Kier molecular flexibility index (Phi) is 4.03. The summed E-state index contributed by atoms with van der Waals surface area (Å²) in [5.74, 6) is 0. The van der Waals surface area contributed by atoms with Crippen molar-refractivity contribution in [2.24, 2.45) is 0 Å². The standard InChI is InChI=1S/C16H23N3O/c1-3-18-8-9-20-15(12-18)10-13(2)19-7-5-14-4-6-17-11-16(14)19/h4-7,11,13,15H,3,8-10,12H2,1-2H3. The average molecular weight is 273 g/mol. The smallest absolute Gasteiger partial charge is 0.0722 e. The van der Waals surface area contributed by atoms with Crippen LogP contribution < -0.4 is 0 Å². The number of hydrogen-bond acceptors (Lipinski definition) is 3. The van der Waals surface area contributed by atoms with Gasteiger partial charge in [0.25, 0.3) is 0 Å². The van der Waals surface area contributed by atoms with Crippen LogP contribution in [-0.2, 0) is 4.74 Å². The van der Waals surface area contributed by atoms with Crippen molar-refractivity contribution in [1.29, 1.82) is 0 Å². The van der Waals surface area contributed by atoms with Crippen LogP contribution in [-0.4, -0.2) is 46.8 Å². The molecule has 0 amide bonds. The number of pyridine rings is 1. The summed E-state index contributed by atoms with van der Waals surface area (Å²) < 4.78 is 8.24. The lowest BCUT2D eigenvalue weighted by Gasteiger charge is -2.33. The van der Waals surface area contributed by atoms with E-state index in [1.54, 1.807) is 0 Å². The van der Waals surface area contributed by atoms with Crippen LogP contribution in [0.15, 0.2) is 30.7 Å². The van der Waals surface area contributed by atoms with Crippen LogP contribution in [0.5, 0.6) is 0 Å². The predicted octanol–water partition coefficient (Wildman–Crippen LogP) is 2.71. The summed E-state index contributed by atoms with van der Waals surface area (Å²) in [6.45, 7) is 8.58. The Morgan fingerprint density at radius 3 is 3.20 bits per heavy atom. The van der Waals surface area contributed by atoms with Crippen molar-refractivity contribution in [2.45, 2.75) is 32.4 Å². The molecule has 0 N–H and O–H groups in total. The molecular weight excluding hydrogens is 250 g/mol. The summed E-state index contributed by atoms with van der Waals surface area (Å²) in [6.07, 6.45) is 7.35. The molecule has 0 aromatic carbocycles. The van der Waals surface area contributed by atoms with E-state index in [0.29, 0.717) is 12.1 Å². The summed E-state index contributed by atoms with van der Waals surface area (Å²) in [6, 6.07) is 4.65. The van der Waals surface area contributed by atoms with E-state index in [4.69, 9.17) is 4.74 Å². The Bertz CT molecular complexity index is 566. The monoisotopic (exact) mass is 273 g/mol. The molecule has 1 fully saturated rings. The highest BCUT2D eigenvalue weighted by Gasteiger charge is 2.22. The van der Waals surface area contributed by atoms with E-state index in [1.165, 1.54) is 10.9 Å². The minimum absolute atomic E-state index is 0.341. The lowest BCUT2D eigenvalue weighted by atomic mass is 10.1. The van der Waals surface area contributed by atoms with Crippen LogP contribution in [0.1, 0.15) is 26.3 Å². The molecule has 2 unspecified atom stereocenters. The van der Waals surface area contributed by atoms with Crippen LogP contribution >= 0.6 is 0 Å². The van der Waals surface area contributed by atoms with Crippen molar-refractivity contribution in [1.82, 2.24) is 14.5 Å². The first-order valence-corrected chi connectivity index (χ1v) is 7.52. The highest BCUT2D eigenvalue weighted by atomic mass is 16.5. The first kappa shape index (κ1) is 13.6. The highest BCUT2D eigenvalue weighted by molar-refractivity contribution is 5.78. The number of likely N-dealkylation sites (N-methyl/N-ethyl adjacent to an activating group) is 1. The van der Waals surface area contributed by atoms with Crippen molar-refractivity contribution in [3.8, 4) is 0 Å². The summed E-state index contributed by atoms with van der Waals surface area (Å²) in [4.78, 5) is 6.71. The molecule has 0 bridgehead atoms. The minimum Gasteiger partial charge on any atom is -0.375 e. The second kappa shape index (κ2) is 5.94. The van der Waals surface area contributed by atoms with E-state index in [9.17, 15) is 0 Å². The maximum Gasteiger partial charge on any atom is 0.0722 e. The zero-order valence-corrected chi connectivity index (χ0v) is 12.3. The second-order valence-corrected chi connectivity index (χ2v) is 5.63. The quantitative estimate of drug-likeness (QED) is 0.858. The molecule has 20 heavy (non-hydrogen) atoms. The SMILES string of the molecule is CCN1CCOC(CC(C)n2ccc3ccncc32)C1. The van der Waals surface area contributed by atoms with Gasteiger partial charge in [-0.1, -0.05) is 6.92 Å². The van der Waals surface area contributed by atoms with Gasteiger partial charge in [-0.15, -0.1) is 0 Å².